The molecule has 1 N–H and O–H groups in total. The van der Waals surface area contributed by atoms with Crippen molar-refractivity contribution in [2.75, 3.05) is 14.2 Å². The molecule has 2 aliphatic heterocycles. The van der Waals surface area contributed by atoms with Gasteiger partial charge >= 0.3 is 20.2 Å². The lowest BCUT2D eigenvalue weighted by Gasteiger charge is -2.18. The van der Waals surface area contributed by atoms with Gasteiger partial charge in [-0.25, -0.2) is 18.7 Å². The first-order valence-electron chi connectivity index (χ1n) is 22.5. The molecule has 0 spiro atoms. The first kappa shape index (κ1) is 52.7. The van der Waals surface area contributed by atoms with E-state index < -0.39 is 102 Å². The summed E-state index contributed by atoms with van der Waals surface area (Å²) >= 11 is 0. The largest absolute Gasteiger partial charge is 0.385 e. The molecule has 0 amide bonds. The quantitative estimate of drug-likeness (QED) is 0.0894. The second-order valence-electron chi connectivity index (χ2n) is 16.7. The molecule has 0 fully saturated rings. The van der Waals surface area contributed by atoms with Crippen LogP contribution < -0.4 is 19.5 Å². The van der Waals surface area contributed by atoms with Crippen LogP contribution in [0.2, 0.25) is 0 Å². The first-order valence-corrected chi connectivity index (χ1v) is 25.3. The normalized spacial score (nSPS) is 16.7. The monoisotopic (exact) mass is 1030 g/mol. The highest BCUT2D eigenvalue weighted by Crippen LogP contribution is 2.28. The molecule has 3 atom stereocenters. The van der Waals surface area contributed by atoms with E-state index in [4.69, 9.17) is 17.8 Å². The van der Waals surface area contributed by atoms with Crippen molar-refractivity contribution in [2.24, 2.45) is 0 Å². The van der Waals surface area contributed by atoms with E-state index in [1.807, 2.05) is 0 Å². The molecule has 6 aromatic rings. The number of halogens is 2. The number of ketones is 3. The van der Waals surface area contributed by atoms with Gasteiger partial charge in [0.05, 0.1) is 25.3 Å². The van der Waals surface area contributed by atoms with Gasteiger partial charge in [-0.1, -0.05) is 60.7 Å². The SMILES string of the molecule is CO[C@H]1CCC(=O)c2nc(C(=O)CCc3ccc(F)cc3)c(OS(=O)(=O)c3ccccc3)c(=O)n2C1.CO[C@H]1CCC(O)c2nc(C(=O)CCc3ccc(F)cc3)c(OS(=O)(=O)c3ccccc3)c(=O)n2C1. The van der Waals surface area contributed by atoms with E-state index in [2.05, 4.69) is 9.97 Å². The molecule has 4 aromatic carbocycles. The lowest BCUT2D eigenvalue weighted by atomic mass is 10.1. The highest BCUT2D eigenvalue weighted by Gasteiger charge is 2.34. The van der Waals surface area contributed by atoms with Gasteiger partial charge in [-0.2, -0.15) is 16.8 Å². The zero-order valence-corrected chi connectivity index (χ0v) is 40.4. The van der Waals surface area contributed by atoms with E-state index in [1.165, 1.54) is 111 Å². The Hall–Kier alpha value is -7.11. The van der Waals surface area contributed by atoms with Crippen molar-refractivity contribution < 1.29 is 62.9 Å². The fourth-order valence-electron chi connectivity index (χ4n) is 7.83. The second-order valence-corrected chi connectivity index (χ2v) is 19.8. The summed E-state index contributed by atoms with van der Waals surface area (Å²) in [6.45, 7) is -0.0598. The van der Waals surface area contributed by atoms with Gasteiger partial charge in [-0.05, 0) is 91.8 Å². The Kier molecular flexibility index (Phi) is 16.8. The molecular weight excluding hydrogens is 983 g/mol. The van der Waals surface area contributed by atoms with E-state index >= 15 is 0 Å². The molecule has 4 heterocycles. The third-order valence-electron chi connectivity index (χ3n) is 11.8. The minimum Gasteiger partial charge on any atom is -0.385 e. The Balaban J connectivity index is 0.000000211. The van der Waals surface area contributed by atoms with E-state index in [-0.39, 0.29) is 73.1 Å². The molecule has 0 saturated heterocycles. The lowest BCUT2D eigenvalue weighted by Crippen LogP contribution is -2.34. The minimum absolute atomic E-state index is 0.000517. The first-order chi connectivity index (χ1) is 34.4. The summed E-state index contributed by atoms with van der Waals surface area (Å²) in [5, 5.41) is 10.6. The van der Waals surface area contributed by atoms with Crippen LogP contribution in [0.1, 0.15) is 93.2 Å². The van der Waals surface area contributed by atoms with Gasteiger partial charge in [0.15, 0.2) is 34.6 Å². The number of aliphatic hydroxyl groups excluding tert-OH is 1. The van der Waals surface area contributed by atoms with Gasteiger partial charge in [-0.15, -0.1) is 0 Å². The molecule has 378 valence electrons. The summed E-state index contributed by atoms with van der Waals surface area (Å²) in [4.78, 5) is 74.0. The predicted octanol–water partition coefficient (Wildman–Crippen LogP) is 5.76. The maximum Gasteiger partial charge on any atom is 0.339 e. The van der Waals surface area contributed by atoms with Crippen molar-refractivity contribution in [3.8, 4) is 11.5 Å². The van der Waals surface area contributed by atoms with Gasteiger partial charge in [0.1, 0.15) is 33.4 Å². The summed E-state index contributed by atoms with van der Waals surface area (Å²) < 4.78 is 101. The number of rotatable bonds is 16. The number of nitrogens with zero attached hydrogens (tertiary/aromatic N) is 4. The highest BCUT2D eigenvalue weighted by molar-refractivity contribution is 7.87. The zero-order valence-electron chi connectivity index (χ0n) is 38.8. The predicted molar refractivity (Wildman–Crippen MR) is 253 cm³/mol. The maximum absolute atomic E-state index is 13.5. The van der Waals surface area contributed by atoms with Crippen molar-refractivity contribution in [3.63, 3.8) is 0 Å². The summed E-state index contributed by atoms with van der Waals surface area (Å²) in [6, 6.07) is 25.4. The van der Waals surface area contributed by atoms with Crippen molar-refractivity contribution in [2.45, 2.75) is 92.6 Å². The van der Waals surface area contributed by atoms with Crippen molar-refractivity contribution in [1.82, 2.24) is 19.1 Å². The Morgan fingerprint density at radius 2 is 1.04 bits per heavy atom. The number of hydrogen-bond acceptors (Lipinski definition) is 16. The van der Waals surface area contributed by atoms with Crippen LogP contribution in [0, 0.1) is 11.6 Å². The molecular formula is C50H48F2N4O14S2. The maximum atomic E-state index is 13.5. The summed E-state index contributed by atoms with van der Waals surface area (Å²) in [5.41, 5.74) is -1.59. The number of carbonyl (C=O) groups is 3. The van der Waals surface area contributed by atoms with Gasteiger partial charge in [-0.3, -0.25) is 33.1 Å². The van der Waals surface area contributed by atoms with E-state index in [9.17, 15) is 54.7 Å². The number of fused-ring (bicyclic) bond motifs is 2. The molecule has 72 heavy (non-hydrogen) atoms. The molecule has 1 unspecified atom stereocenters. The molecule has 2 aromatic heterocycles. The summed E-state index contributed by atoms with van der Waals surface area (Å²) in [5.74, 6) is -4.51. The minimum atomic E-state index is -4.50. The van der Waals surface area contributed by atoms with E-state index in [1.54, 1.807) is 12.1 Å². The number of benzene rings is 4. The number of ether oxygens (including phenoxy) is 2. The fraction of sp³-hybridized carbons (Fsp3) is 0.300. The topological polar surface area (TPSA) is 246 Å². The Morgan fingerprint density at radius 1 is 0.611 bits per heavy atom. The van der Waals surface area contributed by atoms with Gasteiger partial charge in [0.2, 0.25) is 11.5 Å². The fourth-order valence-corrected chi connectivity index (χ4v) is 9.74. The Labute approximate surface area is 412 Å². The third-order valence-corrected chi connectivity index (χ3v) is 14.3. The molecule has 0 aliphatic carbocycles. The van der Waals surface area contributed by atoms with Crippen LogP contribution in [0.25, 0.3) is 0 Å². The molecule has 22 heteroatoms. The molecule has 0 bridgehead atoms. The third kappa shape index (κ3) is 12.5. The lowest BCUT2D eigenvalue weighted by molar-refractivity contribution is 0.0740. The van der Waals surface area contributed by atoms with Crippen LogP contribution in [0.4, 0.5) is 8.78 Å². The average molecular weight is 1030 g/mol. The van der Waals surface area contributed by atoms with Gasteiger partial charge < -0.3 is 22.9 Å². The standard InChI is InChI=1S/C25H25FN2O7S.C25H23FN2O7S/c2*1-34-18-12-14-21(30)24-27-22(20(29)13-9-16-7-10-17(26)11-8-16)23(25(31)28(24)15-18)35-36(32,33)19-5-3-2-4-6-19/h2-8,10-11,18,21,30H,9,12-15H2,1H3;2-8,10-11,18H,9,12-15H2,1H3/t18-,21?;18-/m00/s1. The smallest absolute Gasteiger partial charge is 0.339 e. The average Bonchev–Trinajstić information content (AvgIpc) is 3.65. The van der Waals surface area contributed by atoms with Crippen LogP contribution in [0.5, 0.6) is 11.5 Å². The van der Waals surface area contributed by atoms with E-state index in [0.717, 1.165) is 9.13 Å². The van der Waals surface area contributed by atoms with Crippen molar-refractivity contribution in [3.05, 3.63) is 176 Å². The van der Waals surface area contributed by atoms with Crippen molar-refractivity contribution >= 4 is 37.6 Å². The van der Waals surface area contributed by atoms with Crippen LogP contribution >= 0.6 is 0 Å². The number of hydrogen-bond donors (Lipinski definition) is 1. The van der Waals surface area contributed by atoms with Crippen LogP contribution in [-0.2, 0) is 55.6 Å². The number of aromatic nitrogens is 4. The molecule has 0 radical (unpaired) electrons. The number of aliphatic hydroxyl groups is 1. The van der Waals surface area contributed by atoms with Crippen LogP contribution in [0.3, 0.4) is 0 Å². The summed E-state index contributed by atoms with van der Waals surface area (Å²) in [7, 11) is -6.07. The number of methoxy groups -OCH3 is 2. The number of Topliss-reactive ketones (excluding diaryl/α,β-unsaturated/α-hetero) is 3. The second kappa shape index (κ2) is 23.0. The number of carbonyl (C=O) groups excluding carboxylic acids is 3. The number of aryl methyl sites for hydroxylation is 2. The van der Waals surface area contributed by atoms with Gasteiger partial charge in [0, 0.05) is 33.5 Å². The van der Waals surface area contributed by atoms with Crippen LogP contribution in [0.15, 0.2) is 129 Å². The molecule has 2 aliphatic rings. The summed E-state index contributed by atoms with van der Waals surface area (Å²) in [6.07, 6.45) is -1.04. The Bertz CT molecular complexity index is 3300. The molecule has 0 saturated carbocycles. The molecule has 8 rings (SSSR count). The van der Waals surface area contributed by atoms with Crippen LogP contribution in [-0.4, -0.2) is 84.8 Å². The molecule has 18 nitrogen and oxygen atoms in total. The highest BCUT2D eigenvalue weighted by atomic mass is 32.2. The zero-order chi connectivity index (χ0) is 51.7. The Morgan fingerprint density at radius 3 is 1.51 bits per heavy atom. The van der Waals surface area contributed by atoms with Crippen molar-refractivity contribution in [1.29, 1.82) is 0 Å². The van der Waals surface area contributed by atoms with E-state index in [0.29, 0.717) is 24.0 Å². The van der Waals surface area contributed by atoms with Gasteiger partial charge in [0.25, 0.3) is 11.1 Å².